The second-order valence-electron chi connectivity index (χ2n) is 8.34. The first-order valence-electron chi connectivity index (χ1n) is 8.60. The summed E-state index contributed by atoms with van der Waals surface area (Å²) in [5, 5.41) is 19.1. The molecule has 2 nitrogen and oxygen atoms in total. The minimum Gasteiger partial charge on any atom is -0.369 e. The predicted molar refractivity (Wildman–Crippen MR) is 86.3 cm³/mol. The summed E-state index contributed by atoms with van der Waals surface area (Å²) in [5.74, 6) is -1.21. The lowest BCUT2D eigenvalue weighted by Gasteiger charge is -2.37. The van der Waals surface area contributed by atoms with E-state index in [0.717, 1.165) is 6.92 Å². The molecule has 14 heteroatoms. The summed E-state index contributed by atoms with van der Waals surface area (Å²) in [4.78, 5) is 0. The van der Waals surface area contributed by atoms with Gasteiger partial charge in [-0.05, 0) is 23.0 Å². The van der Waals surface area contributed by atoms with Crippen LogP contribution in [-0.2, 0) is 11.2 Å². The molecule has 186 valence electrons. The summed E-state index contributed by atoms with van der Waals surface area (Å²) in [7, 11) is 0. The van der Waals surface area contributed by atoms with Gasteiger partial charge >= 0.3 is 24.7 Å². The average Bonchev–Trinajstić information content (AvgIpc) is 2.54. The number of hydrogen-bond acceptors (Lipinski definition) is 2. The highest BCUT2D eigenvalue weighted by atomic mass is 19.4. The molecule has 0 radical (unpaired) electrons. The van der Waals surface area contributed by atoms with Gasteiger partial charge < -0.3 is 10.2 Å². The predicted octanol–water partition coefficient (Wildman–Crippen LogP) is 6.46. The summed E-state index contributed by atoms with van der Waals surface area (Å²) in [6, 6.07) is -0.748. The van der Waals surface area contributed by atoms with Crippen molar-refractivity contribution < 1.29 is 62.9 Å². The number of hydrogen-bond donors (Lipinski definition) is 2. The first-order valence-corrected chi connectivity index (χ1v) is 8.60. The molecule has 0 aliphatic heterocycles. The van der Waals surface area contributed by atoms with Crippen molar-refractivity contribution >= 4 is 0 Å². The lowest BCUT2D eigenvalue weighted by atomic mass is 9.74. The van der Waals surface area contributed by atoms with E-state index in [9.17, 15) is 62.9 Å². The van der Waals surface area contributed by atoms with Gasteiger partial charge in [0.1, 0.15) is 0 Å². The van der Waals surface area contributed by atoms with Crippen molar-refractivity contribution in [1.82, 2.24) is 0 Å². The minimum atomic E-state index is -6.58. The van der Waals surface area contributed by atoms with Gasteiger partial charge in [-0.25, -0.2) is 0 Å². The van der Waals surface area contributed by atoms with Gasteiger partial charge in [0.25, 0.3) is 11.2 Å². The Morgan fingerprint density at radius 1 is 0.562 bits per heavy atom. The average molecular weight is 494 g/mol. The Hall–Kier alpha value is -1.70. The number of benzene rings is 1. The monoisotopic (exact) mass is 494 g/mol. The second kappa shape index (κ2) is 7.67. The molecule has 1 aromatic rings. The molecule has 0 aliphatic rings. The normalized spacial score (nSPS) is 16.3. The van der Waals surface area contributed by atoms with Crippen LogP contribution in [0.15, 0.2) is 18.2 Å². The number of halogens is 12. The van der Waals surface area contributed by atoms with Gasteiger partial charge in [0.15, 0.2) is 0 Å². The molecule has 1 aromatic carbocycles. The quantitative estimate of drug-likeness (QED) is 0.474. The van der Waals surface area contributed by atoms with Crippen molar-refractivity contribution in [1.29, 1.82) is 0 Å². The van der Waals surface area contributed by atoms with Gasteiger partial charge in [-0.15, -0.1) is 0 Å². The zero-order valence-corrected chi connectivity index (χ0v) is 16.7. The minimum absolute atomic E-state index is 0.0214. The summed E-state index contributed by atoms with van der Waals surface area (Å²) >= 11 is 0. The highest BCUT2D eigenvalue weighted by Crippen LogP contribution is 2.54. The molecular formula is C18H18F12O2. The van der Waals surface area contributed by atoms with E-state index in [0.29, 0.717) is 0 Å². The van der Waals surface area contributed by atoms with E-state index in [1.807, 2.05) is 0 Å². The summed E-state index contributed by atoms with van der Waals surface area (Å²) < 4.78 is 159. The smallest absolute Gasteiger partial charge is 0.369 e. The van der Waals surface area contributed by atoms with Crippen LogP contribution in [0, 0.1) is 5.41 Å². The van der Waals surface area contributed by atoms with E-state index in [1.165, 1.54) is 20.8 Å². The van der Waals surface area contributed by atoms with Gasteiger partial charge in [0, 0.05) is 11.1 Å². The number of aliphatic hydroxyl groups is 2. The van der Waals surface area contributed by atoms with E-state index in [-0.39, 0.29) is 12.1 Å². The highest BCUT2D eigenvalue weighted by molar-refractivity contribution is 5.41. The van der Waals surface area contributed by atoms with Crippen molar-refractivity contribution in [2.24, 2.45) is 5.41 Å². The van der Waals surface area contributed by atoms with Crippen molar-refractivity contribution in [3.8, 4) is 0 Å². The molecule has 0 heterocycles. The molecular weight excluding hydrogens is 476 g/mol. The van der Waals surface area contributed by atoms with Crippen LogP contribution in [0.25, 0.3) is 0 Å². The van der Waals surface area contributed by atoms with Crippen LogP contribution in [0.3, 0.4) is 0 Å². The third kappa shape index (κ3) is 4.52. The summed E-state index contributed by atoms with van der Waals surface area (Å²) in [5.41, 5.74) is -18.2. The van der Waals surface area contributed by atoms with Crippen molar-refractivity contribution in [2.75, 3.05) is 0 Å². The van der Waals surface area contributed by atoms with Crippen LogP contribution in [0.1, 0.15) is 50.3 Å². The van der Waals surface area contributed by atoms with Gasteiger partial charge in [0.05, 0.1) is 0 Å². The molecule has 2 N–H and O–H groups in total. The molecule has 0 bridgehead atoms. The molecule has 0 fully saturated rings. The van der Waals surface area contributed by atoms with Crippen LogP contribution < -0.4 is 0 Å². The standard InChI is InChI=1S/C18H18F12O2/c1-8(12(2,3)4)9-5-10(13(31,15(19,20)21)16(22,23)24)7-11(6-9)14(32,17(25,26)27)18(28,29)30/h5-8,31-32H,1-4H3. The van der Waals surface area contributed by atoms with Gasteiger partial charge in [-0.2, -0.15) is 52.7 Å². The van der Waals surface area contributed by atoms with Gasteiger partial charge in [-0.1, -0.05) is 39.8 Å². The first kappa shape index (κ1) is 28.3. The molecule has 0 spiro atoms. The van der Waals surface area contributed by atoms with E-state index >= 15 is 0 Å². The van der Waals surface area contributed by atoms with Crippen LogP contribution in [-0.4, -0.2) is 34.9 Å². The van der Waals surface area contributed by atoms with Crippen molar-refractivity contribution in [3.63, 3.8) is 0 Å². The fourth-order valence-electron chi connectivity index (χ4n) is 2.80. The Kier molecular flexibility index (Phi) is 6.79. The SMILES string of the molecule is CC(c1cc(C(O)(C(F)(F)F)C(F)(F)F)cc(C(O)(C(F)(F)F)C(F)(F)F)c1)C(C)(C)C. The van der Waals surface area contributed by atoms with Crippen LogP contribution in [0.5, 0.6) is 0 Å². The Bertz CT molecular complexity index is 741. The Morgan fingerprint density at radius 3 is 1.00 bits per heavy atom. The maximum atomic E-state index is 13.3. The molecule has 0 saturated heterocycles. The zero-order valence-electron chi connectivity index (χ0n) is 16.7. The largest absolute Gasteiger partial charge is 0.430 e. The topological polar surface area (TPSA) is 40.5 Å². The maximum absolute atomic E-state index is 13.3. The number of rotatable bonds is 3. The second-order valence-corrected chi connectivity index (χ2v) is 8.34. The molecule has 0 aromatic heterocycles. The molecule has 32 heavy (non-hydrogen) atoms. The molecule has 1 unspecified atom stereocenters. The molecule has 1 rings (SSSR count). The Morgan fingerprint density at radius 2 is 0.812 bits per heavy atom. The maximum Gasteiger partial charge on any atom is 0.430 e. The van der Waals surface area contributed by atoms with Crippen molar-refractivity contribution in [3.05, 3.63) is 34.9 Å². The van der Waals surface area contributed by atoms with Crippen LogP contribution in [0.4, 0.5) is 52.7 Å². The highest BCUT2D eigenvalue weighted by Gasteiger charge is 2.74. The van der Waals surface area contributed by atoms with E-state index in [2.05, 4.69) is 0 Å². The lowest BCUT2D eigenvalue weighted by Crippen LogP contribution is -2.56. The molecule has 0 amide bonds. The fourth-order valence-corrected chi connectivity index (χ4v) is 2.80. The summed E-state index contributed by atoms with van der Waals surface area (Å²) in [6.07, 6.45) is -26.3. The van der Waals surface area contributed by atoms with E-state index in [4.69, 9.17) is 0 Å². The fraction of sp³-hybridized carbons (Fsp3) is 0.667. The van der Waals surface area contributed by atoms with Gasteiger partial charge in [0.2, 0.25) is 0 Å². The number of alkyl halides is 12. The lowest BCUT2D eigenvalue weighted by molar-refractivity contribution is -0.378. The van der Waals surface area contributed by atoms with Gasteiger partial charge in [-0.3, -0.25) is 0 Å². The summed E-state index contributed by atoms with van der Waals surface area (Å²) in [6.45, 7) is 5.22. The Labute approximate surface area is 173 Å². The zero-order chi connectivity index (χ0) is 25.9. The molecule has 0 saturated carbocycles. The van der Waals surface area contributed by atoms with E-state index < -0.39 is 70.0 Å². The third-order valence-electron chi connectivity index (χ3n) is 5.23. The van der Waals surface area contributed by atoms with Crippen molar-refractivity contribution in [2.45, 2.75) is 69.5 Å². The molecule has 1 atom stereocenters. The van der Waals surface area contributed by atoms with Crippen LogP contribution in [0.2, 0.25) is 0 Å². The molecule has 0 aliphatic carbocycles. The van der Waals surface area contributed by atoms with E-state index in [1.54, 1.807) is 0 Å². The third-order valence-corrected chi connectivity index (χ3v) is 5.23. The first-order chi connectivity index (χ1) is 13.7. The van der Waals surface area contributed by atoms with Crippen LogP contribution >= 0.6 is 0 Å². The Balaban J connectivity index is 4.23.